The van der Waals surface area contributed by atoms with Gasteiger partial charge in [0.25, 0.3) is 0 Å². The summed E-state index contributed by atoms with van der Waals surface area (Å²) in [6.07, 6.45) is 0.335. The van der Waals surface area contributed by atoms with Gasteiger partial charge in [-0.2, -0.15) is 0 Å². The molecular formula is C27H22FN3O4. The Morgan fingerprint density at radius 1 is 0.971 bits per heavy atom. The van der Waals surface area contributed by atoms with Crippen molar-refractivity contribution in [1.82, 2.24) is 5.32 Å². The summed E-state index contributed by atoms with van der Waals surface area (Å²) < 4.78 is 14.4. The monoisotopic (exact) mass is 471 g/mol. The summed E-state index contributed by atoms with van der Waals surface area (Å²) in [4.78, 5) is 42.3. The van der Waals surface area contributed by atoms with E-state index in [1.54, 1.807) is 36.4 Å². The minimum atomic E-state index is -1.57. The predicted molar refractivity (Wildman–Crippen MR) is 126 cm³/mol. The number of aryl methyl sites for hydroxylation is 1. The molecule has 2 saturated heterocycles. The van der Waals surface area contributed by atoms with E-state index < -0.39 is 47.0 Å². The molecule has 3 aliphatic rings. The van der Waals surface area contributed by atoms with Gasteiger partial charge in [0.05, 0.1) is 17.5 Å². The topological polar surface area (TPSA) is 98.7 Å². The van der Waals surface area contributed by atoms with Gasteiger partial charge in [-0.15, -0.1) is 0 Å². The number of carbonyl (C=O) groups is 3. The van der Waals surface area contributed by atoms with Crippen LogP contribution in [0.1, 0.15) is 16.7 Å². The molecule has 7 nitrogen and oxygen atoms in total. The summed E-state index contributed by atoms with van der Waals surface area (Å²) in [7, 11) is 0. The Kier molecular flexibility index (Phi) is 4.59. The molecule has 8 heteroatoms. The van der Waals surface area contributed by atoms with Crippen LogP contribution in [0.2, 0.25) is 0 Å². The maximum absolute atomic E-state index is 14.4. The number of hydrogen-bond acceptors (Lipinski definition) is 5. The second-order valence-corrected chi connectivity index (χ2v) is 9.42. The van der Waals surface area contributed by atoms with Crippen LogP contribution < -0.4 is 15.5 Å². The van der Waals surface area contributed by atoms with Gasteiger partial charge in [0, 0.05) is 17.3 Å². The van der Waals surface area contributed by atoms with Crippen LogP contribution in [-0.2, 0) is 26.3 Å². The molecule has 0 aliphatic carbocycles. The van der Waals surface area contributed by atoms with Crippen molar-refractivity contribution in [1.29, 1.82) is 0 Å². The van der Waals surface area contributed by atoms with Gasteiger partial charge in [-0.25, -0.2) is 9.29 Å². The Hall–Kier alpha value is -4.04. The Morgan fingerprint density at radius 3 is 2.40 bits per heavy atom. The number of halogens is 1. The maximum Gasteiger partial charge on any atom is 0.250 e. The van der Waals surface area contributed by atoms with Crippen LogP contribution in [0.4, 0.5) is 15.8 Å². The van der Waals surface area contributed by atoms with Gasteiger partial charge in [0.2, 0.25) is 17.7 Å². The second kappa shape index (κ2) is 7.48. The molecule has 0 aromatic heterocycles. The summed E-state index contributed by atoms with van der Waals surface area (Å²) in [6, 6.07) is 17.0. The number of phenolic OH excluding ortho intramolecular Hbond substituents is 1. The highest BCUT2D eigenvalue weighted by Gasteiger charge is 2.70. The molecule has 3 amide bonds. The molecule has 0 unspecified atom stereocenters. The van der Waals surface area contributed by atoms with E-state index in [9.17, 15) is 23.9 Å². The molecular weight excluding hydrogens is 449 g/mol. The predicted octanol–water partition coefficient (Wildman–Crippen LogP) is 3.01. The number of phenols is 1. The Labute approximate surface area is 200 Å². The second-order valence-electron chi connectivity index (χ2n) is 9.42. The lowest BCUT2D eigenvalue weighted by Gasteiger charge is -2.29. The average molecular weight is 471 g/mol. The Balaban J connectivity index is 1.49. The third-order valence-corrected chi connectivity index (χ3v) is 7.36. The molecule has 3 aliphatic heterocycles. The average Bonchev–Trinajstić information content (AvgIpc) is 3.41. The van der Waals surface area contributed by atoms with Crippen LogP contribution in [0, 0.1) is 24.6 Å². The van der Waals surface area contributed by atoms with E-state index in [0.29, 0.717) is 23.4 Å². The van der Waals surface area contributed by atoms with Gasteiger partial charge in [-0.1, -0.05) is 29.8 Å². The molecule has 3 aromatic rings. The fourth-order valence-electron chi connectivity index (χ4n) is 5.78. The zero-order chi connectivity index (χ0) is 24.5. The van der Waals surface area contributed by atoms with Crippen LogP contribution in [0.5, 0.6) is 5.75 Å². The number of nitrogens with one attached hydrogen (secondary N) is 2. The number of imide groups is 1. The van der Waals surface area contributed by atoms with Crippen molar-refractivity contribution < 1.29 is 23.9 Å². The highest BCUT2D eigenvalue weighted by molar-refractivity contribution is 6.25. The van der Waals surface area contributed by atoms with Gasteiger partial charge in [-0.05, 0) is 61.4 Å². The molecule has 35 heavy (non-hydrogen) atoms. The smallest absolute Gasteiger partial charge is 0.250 e. The molecule has 176 valence electrons. The fourth-order valence-corrected chi connectivity index (χ4v) is 5.78. The number of anilines is 2. The SMILES string of the molecule is Cc1ccc(N2C(=O)[C@@H]3[C@H](Cc4ccc(O)cc4)N[C@@]4(C(=O)Nc5ccc(F)cc54)[C@@H]3C2=O)cc1. The number of hydrogen-bond donors (Lipinski definition) is 3. The van der Waals surface area contributed by atoms with Gasteiger partial charge >= 0.3 is 0 Å². The summed E-state index contributed by atoms with van der Waals surface area (Å²) >= 11 is 0. The molecule has 1 spiro atoms. The zero-order valence-electron chi connectivity index (χ0n) is 18.8. The van der Waals surface area contributed by atoms with E-state index in [4.69, 9.17) is 0 Å². The lowest BCUT2D eigenvalue weighted by molar-refractivity contribution is -0.130. The molecule has 0 radical (unpaired) electrons. The molecule has 4 atom stereocenters. The number of rotatable bonds is 3. The van der Waals surface area contributed by atoms with Gasteiger partial charge < -0.3 is 10.4 Å². The van der Waals surface area contributed by atoms with E-state index in [0.717, 1.165) is 16.0 Å². The summed E-state index contributed by atoms with van der Waals surface area (Å²) in [6.45, 7) is 1.91. The van der Waals surface area contributed by atoms with Crippen molar-refractivity contribution in [3.05, 3.63) is 89.2 Å². The maximum atomic E-state index is 14.4. The molecule has 0 bridgehead atoms. The Bertz CT molecular complexity index is 1390. The van der Waals surface area contributed by atoms with Gasteiger partial charge in [-0.3, -0.25) is 19.7 Å². The third-order valence-electron chi connectivity index (χ3n) is 7.36. The van der Waals surface area contributed by atoms with Crippen LogP contribution >= 0.6 is 0 Å². The molecule has 3 N–H and O–H groups in total. The quantitative estimate of drug-likeness (QED) is 0.510. The first-order chi connectivity index (χ1) is 16.8. The van der Waals surface area contributed by atoms with E-state index in [1.165, 1.54) is 18.2 Å². The first-order valence-electron chi connectivity index (χ1n) is 11.4. The number of fused-ring (bicyclic) bond motifs is 4. The van der Waals surface area contributed by atoms with Crippen molar-refractivity contribution >= 4 is 29.1 Å². The zero-order valence-corrected chi connectivity index (χ0v) is 18.8. The molecule has 3 aromatic carbocycles. The van der Waals surface area contributed by atoms with E-state index in [-0.39, 0.29) is 5.75 Å². The lowest BCUT2D eigenvalue weighted by Crippen LogP contribution is -2.53. The van der Waals surface area contributed by atoms with Crippen LogP contribution in [-0.4, -0.2) is 28.9 Å². The lowest BCUT2D eigenvalue weighted by atomic mass is 9.76. The highest BCUT2D eigenvalue weighted by atomic mass is 19.1. The third kappa shape index (κ3) is 3.03. The standard InChI is InChI=1S/C27H22FN3O4/c1-14-2-7-17(8-3-14)31-24(33)22-21(12-15-4-9-18(32)10-5-15)30-27(23(22)25(31)34)19-13-16(28)6-11-20(19)29-26(27)35/h2-11,13,21-23,30,32H,12H2,1H3,(H,29,35)/t21-,22+,23-,27+/m0/s1. The van der Waals surface area contributed by atoms with Crippen molar-refractivity contribution in [3.63, 3.8) is 0 Å². The number of nitrogens with zero attached hydrogens (tertiary/aromatic N) is 1. The van der Waals surface area contributed by atoms with Crippen molar-refractivity contribution in [2.75, 3.05) is 10.2 Å². The Morgan fingerprint density at radius 2 is 1.69 bits per heavy atom. The summed E-state index contributed by atoms with van der Waals surface area (Å²) in [5, 5.41) is 15.7. The first kappa shape index (κ1) is 21.5. The van der Waals surface area contributed by atoms with Crippen molar-refractivity contribution in [2.24, 2.45) is 11.8 Å². The van der Waals surface area contributed by atoms with Crippen LogP contribution in [0.15, 0.2) is 66.7 Å². The summed E-state index contributed by atoms with van der Waals surface area (Å²) in [5.74, 6) is -3.66. The van der Waals surface area contributed by atoms with Gasteiger partial charge in [0.15, 0.2) is 0 Å². The van der Waals surface area contributed by atoms with Crippen molar-refractivity contribution in [2.45, 2.75) is 24.9 Å². The minimum absolute atomic E-state index is 0.111. The van der Waals surface area contributed by atoms with Crippen LogP contribution in [0.25, 0.3) is 0 Å². The largest absolute Gasteiger partial charge is 0.508 e. The first-order valence-corrected chi connectivity index (χ1v) is 11.4. The molecule has 2 fully saturated rings. The van der Waals surface area contributed by atoms with E-state index in [1.807, 2.05) is 19.1 Å². The number of carbonyl (C=O) groups excluding carboxylic acids is 3. The van der Waals surface area contributed by atoms with E-state index in [2.05, 4.69) is 10.6 Å². The minimum Gasteiger partial charge on any atom is -0.508 e. The molecule has 0 saturated carbocycles. The van der Waals surface area contributed by atoms with E-state index >= 15 is 0 Å². The van der Waals surface area contributed by atoms with Crippen molar-refractivity contribution in [3.8, 4) is 5.75 Å². The number of benzene rings is 3. The fraction of sp³-hybridized carbons (Fsp3) is 0.222. The number of aromatic hydroxyl groups is 1. The molecule has 6 rings (SSSR count). The number of amides is 3. The molecule has 3 heterocycles. The van der Waals surface area contributed by atoms with Gasteiger partial charge in [0.1, 0.15) is 17.1 Å². The van der Waals surface area contributed by atoms with Crippen LogP contribution in [0.3, 0.4) is 0 Å². The normalized spacial score (nSPS) is 26.9. The highest BCUT2D eigenvalue weighted by Crippen LogP contribution is 2.54. The summed E-state index contributed by atoms with van der Waals surface area (Å²) in [5.41, 5.74) is 1.42.